The molecule has 9 heteroatoms. The number of hydrogen-bond donors (Lipinski definition) is 0. The zero-order valence-corrected chi connectivity index (χ0v) is 14.1. The SMILES string of the molecule is C=C(C)C(=O)OC(CCC)C(=O)Oc1ccc(OC(F)(F)F)cc1C=O. The van der Waals surface area contributed by atoms with Crippen molar-refractivity contribution in [3.63, 3.8) is 0 Å². The van der Waals surface area contributed by atoms with Crippen molar-refractivity contribution >= 4 is 18.2 Å². The second kappa shape index (κ2) is 9.02. The summed E-state index contributed by atoms with van der Waals surface area (Å²) < 4.78 is 50.3. The number of ether oxygens (including phenoxy) is 3. The van der Waals surface area contributed by atoms with Gasteiger partial charge in [-0.1, -0.05) is 19.9 Å². The van der Waals surface area contributed by atoms with Crippen LogP contribution < -0.4 is 9.47 Å². The molecule has 1 unspecified atom stereocenters. The van der Waals surface area contributed by atoms with Gasteiger partial charge in [0.2, 0.25) is 0 Å². The van der Waals surface area contributed by atoms with E-state index < -0.39 is 30.2 Å². The van der Waals surface area contributed by atoms with E-state index in [1.165, 1.54) is 6.92 Å². The van der Waals surface area contributed by atoms with Crippen molar-refractivity contribution in [1.82, 2.24) is 0 Å². The van der Waals surface area contributed by atoms with Gasteiger partial charge in [-0.3, -0.25) is 4.79 Å². The molecule has 0 fully saturated rings. The second-order valence-electron chi connectivity index (χ2n) is 5.25. The lowest BCUT2D eigenvalue weighted by molar-refractivity contribution is -0.274. The summed E-state index contributed by atoms with van der Waals surface area (Å²) in [6, 6.07) is 2.64. The lowest BCUT2D eigenvalue weighted by Gasteiger charge is -2.17. The number of carbonyl (C=O) groups is 3. The summed E-state index contributed by atoms with van der Waals surface area (Å²) in [7, 11) is 0. The highest BCUT2D eigenvalue weighted by atomic mass is 19.4. The zero-order valence-electron chi connectivity index (χ0n) is 14.1. The van der Waals surface area contributed by atoms with Gasteiger partial charge in [-0.05, 0) is 31.5 Å². The van der Waals surface area contributed by atoms with E-state index in [1.807, 2.05) is 0 Å². The molecule has 0 aliphatic rings. The molecular weight excluding hydrogens is 357 g/mol. The van der Waals surface area contributed by atoms with Crippen molar-refractivity contribution in [3.8, 4) is 11.5 Å². The van der Waals surface area contributed by atoms with Crippen LogP contribution in [0.3, 0.4) is 0 Å². The Balaban J connectivity index is 2.96. The van der Waals surface area contributed by atoms with Crippen LogP contribution in [0.1, 0.15) is 37.0 Å². The molecule has 0 aliphatic heterocycles. The van der Waals surface area contributed by atoms with E-state index >= 15 is 0 Å². The Bertz CT molecular complexity index is 696. The van der Waals surface area contributed by atoms with E-state index in [0.717, 1.165) is 18.2 Å². The molecule has 1 aromatic carbocycles. The number of benzene rings is 1. The van der Waals surface area contributed by atoms with Crippen molar-refractivity contribution in [2.45, 2.75) is 39.2 Å². The minimum absolute atomic E-state index is 0.0844. The van der Waals surface area contributed by atoms with Crippen molar-refractivity contribution < 1.29 is 41.8 Å². The van der Waals surface area contributed by atoms with Gasteiger partial charge < -0.3 is 14.2 Å². The van der Waals surface area contributed by atoms with Crippen molar-refractivity contribution in [2.24, 2.45) is 0 Å². The van der Waals surface area contributed by atoms with Crippen LogP contribution in [0, 0.1) is 0 Å². The van der Waals surface area contributed by atoms with Crippen LogP contribution in [0.5, 0.6) is 11.5 Å². The summed E-state index contributed by atoms with van der Waals surface area (Å²) in [6.45, 7) is 6.55. The molecule has 0 heterocycles. The Labute approximate surface area is 147 Å². The summed E-state index contributed by atoms with van der Waals surface area (Å²) >= 11 is 0. The number of halogens is 3. The molecule has 0 amide bonds. The van der Waals surface area contributed by atoms with Gasteiger partial charge >= 0.3 is 18.3 Å². The largest absolute Gasteiger partial charge is 0.573 e. The molecule has 0 aliphatic carbocycles. The molecule has 0 bridgehead atoms. The molecule has 0 N–H and O–H groups in total. The standard InChI is InChI=1S/C17H17F3O6/c1-4-5-14(25-15(22)10(2)3)16(23)24-13-7-6-12(8-11(13)9-21)26-17(18,19)20/h6-9,14H,2,4-5H2,1,3H3. The van der Waals surface area contributed by atoms with Gasteiger partial charge in [0.15, 0.2) is 12.4 Å². The van der Waals surface area contributed by atoms with E-state index in [1.54, 1.807) is 6.92 Å². The van der Waals surface area contributed by atoms with Crippen LogP contribution >= 0.6 is 0 Å². The fourth-order valence-electron chi connectivity index (χ4n) is 1.80. The highest BCUT2D eigenvalue weighted by Crippen LogP contribution is 2.28. The molecule has 0 spiro atoms. The van der Waals surface area contributed by atoms with Crippen molar-refractivity contribution in [1.29, 1.82) is 0 Å². The Hall–Kier alpha value is -2.84. The highest BCUT2D eigenvalue weighted by molar-refractivity contribution is 5.90. The summed E-state index contributed by atoms with van der Waals surface area (Å²) in [5, 5.41) is 0. The van der Waals surface area contributed by atoms with Gasteiger partial charge in [0.05, 0.1) is 5.56 Å². The van der Waals surface area contributed by atoms with E-state index in [-0.39, 0.29) is 29.6 Å². The summed E-state index contributed by atoms with van der Waals surface area (Å²) in [5.41, 5.74) is -0.247. The van der Waals surface area contributed by atoms with Gasteiger partial charge in [0.1, 0.15) is 11.5 Å². The quantitative estimate of drug-likeness (QED) is 0.299. The average molecular weight is 374 g/mol. The molecule has 1 atom stereocenters. The first-order valence-corrected chi connectivity index (χ1v) is 7.50. The van der Waals surface area contributed by atoms with Crippen LogP contribution in [0.2, 0.25) is 0 Å². The lowest BCUT2D eigenvalue weighted by Crippen LogP contribution is -2.31. The summed E-state index contributed by atoms with van der Waals surface area (Å²) in [5.74, 6) is -2.68. The maximum Gasteiger partial charge on any atom is 0.573 e. The first-order valence-electron chi connectivity index (χ1n) is 7.50. The smallest absolute Gasteiger partial charge is 0.447 e. The third kappa shape index (κ3) is 6.58. The number of carbonyl (C=O) groups excluding carboxylic acids is 3. The van der Waals surface area contributed by atoms with Crippen LogP contribution in [0.4, 0.5) is 13.2 Å². The van der Waals surface area contributed by atoms with E-state index in [4.69, 9.17) is 9.47 Å². The first kappa shape index (κ1) is 21.2. The number of hydrogen-bond acceptors (Lipinski definition) is 6. The van der Waals surface area contributed by atoms with Gasteiger partial charge in [-0.2, -0.15) is 0 Å². The molecule has 0 saturated heterocycles. The van der Waals surface area contributed by atoms with Gasteiger partial charge in [-0.15, -0.1) is 13.2 Å². The molecule has 0 aromatic heterocycles. The minimum atomic E-state index is -4.93. The zero-order chi connectivity index (χ0) is 19.9. The number of alkyl halides is 3. The molecule has 1 aromatic rings. The maximum absolute atomic E-state index is 12.2. The van der Waals surface area contributed by atoms with E-state index in [2.05, 4.69) is 11.3 Å². The fourth-order valence-corrected chi connectivity index (χ4v) is 1.80. The summed E-state index contributed by atoms with van der Waals surface area (Å²) in [6.07, 6.45) is -5.32. The topological polar surface area (TPSA) is 78.9 Å². The van der Waals surface area contributed by atoms with Crippen LogP contribution in [-0.4, -0.2) is 30.7 Å². The monoisotopic (exact) mass is 374 g/mol. The third-order valence-corrected chi connectivity index (χ3v) is 2.96. The second-order valence-corrected chi connectivity index (χ2v) is 5.25. The normalized spacial score (nSPS) is 12.0. The Morgan fingerprint density at radius 1 is 1.31 bits per heavy atom. The molecular formula is C17H17F3O6. The predicted molar refractivity (Wildman–Crippen MR) is 83.7 cm³/mol. The third-order valence-electron chi connectivity index (χ3n) is 2.96. The van der Waals surface area contributed by atoms with Gasteiger partial charge in [-0.25, -0.2) is 9.59 Å². The van der Waals surface area contributed by atoms with E-state index in [9.17, 15) is 27.6 Å². The Morgan fingerprint density at radius 2 is 1.96 bits per heavy atom. The Kier molecular flexibility index (Phi) is 7.36. The molecule has 26 heavy (non-hydrogen) atoms. The molecule has 0 radical (unpaired) electrons. The van der Waals surface area contributed by atoms with E-state index in [0.29, 0.717) is 6.42 Å². The Morgan fingerprint density at radius 3 is 2.46 bits per heavy atom. The van der Waals surface area contributed by atoms with Crippen LogP contribution in [-0.2, 0) is 14.3 Å². The van der Waals surface area contributed by atoms with Crippen LogP contribution in [0.25, 0.3) is 0 Å². The van der Waals surface area contributed by atoms with Gasteiger partial charge in [0.25, 0.3) is 0 Å². The molecule has 142 valence electrons. The summed E-state index contributed by atoms with van der Waals surface area (Å²) in [4.78, 5) is 34.8. The number of aldehydes is 1. The number of esters is 2. The lowest BCUT2D eigenvalue weighted by atomic mass is 10.2. The predicted octanol–water partition coefficient (Wildman–Crippen LogP) is 3.59. The first-order chi connectivity index (χ1) is 12.1. The average Bonchev–Trinajstić information content (AvgIpc) is 2.54. The molecule has 0 saturated carbocycles. The maximum atomic E-state index is 12.2. The van der Waals surface area contributed by atoms with Crippen molar-refractivity contribution in [2.75, 3.05) is 0 Å². The molecule has 6 nitrogen and oxygen atoms in total. The fraction of sp³-hybridized carbons (Fsp3) is 0.353. The van der Waals surface area contributed by atoms with Gasteiger partial charge in [0, 0.05) is 5.57 Å². The minimum Gasteiger partial charge on any atom is -0.447 e. The van der Waals surface area contributed by atoms with Crippen molar-refractivity contribution in [3.05, 3.63) is 35.9 Å². The van der Waals surface area contributed by atoms with Crippen LogP contribution in [0.15, 0.2) is 30.4 Å². The number of rotatable bonds is 8. The highest BCUT2D eigenvalue weighted by Gasteiger charge is 2.31. The molecule has 1 rings (SSSR count).